The number of aryl methyl sites for hydroxylation is 1. The second-order valence-corrected chi connectivity index (χ2v) is 6.81. The second-order valence-electron chi connectivity index (χ2n) is 6.81. The minimum Gasteiger partial charge on any atom is -0.497 e. The van der Waals surface area contributed by atoms with Crippen molar-refractivity contribution >= 4 is 5.91 Å². The predicted molar refractivity (Wildman–Crippen MR) is 115 cm³/mol. The van der Waals surface area contributed by atoms with Crippen molar-refractivity contribution in [3.63, 3.8) is 0 Å². The summed E-state index contributed by atoms with van der Waals surface area (Å²) in [5.74, 6) is 3.05. The highest BCUT2D eigenvalue weighted by atomic mass is 16.5. The molecule has 2 aromatic carbocycles. The van der Waals surface area contributed by atoms with Crippen LogP contribution in [0.3, 0.4) is 0 Å². The summed E-state index contributed by atoms with van der Waals surface area (Å²) in [6, 6.07) is 21.7. The van der Waals surface area contributed by atoms with Crippen LogP contribution in [0.5, 0.6) is 17.4 Å². The van der Waals surface area contributed by atoms with E-state index in [0.717, 1.165) is 11.3 Å². The van der Waals surface area contributed by atoms with Gasteiger partial charge < -0.3 is 19.2 Å². The highest BCUT2D eigenvalue weighted by Gasteiger charge is 2.09. The number of aromatic nitrogens is 2. The molecule has 31 heavy (non-hydrogen) atoms. The summed E-state index contributed by atoms with van der Waals surface area (Å²) in [5.41, 5.74) is 2.08. The lowest BCUT2D eigenvalue weighted by Crippen LogP contribution is -2.22. The maximum atomic E-state index is 12.3. The number of methoxy groups -OCH3 is 1. The molecule has 7 heteroatoms. The normalized spacial score (nSPS) is 10.5. The lowest BCUT2D eigenvalue weighted by atomic mass is 10.1. The van der Waals surface area contributed by atoms with E-state index in [-0.39, 0.29) is 5.91 Å². The first-order chi connectivity index (χ1) is 15.1. The first kappa shape index (κ1) is 20.2. The Hall–Kier alpha value is -4.13. The van der Waals surface area contributed by atoms with Gasteiger partial charge in [0, 0.05) is 23.3 Å². The number of benzene rings is 2. The van der Waals surface area contributed by atoms with Crippen LogP contribution in [0.15, 0.2) is 77.2 Å². The molecule has 4 aromatic rings. The molecule has 0 fully saturated rings. The van der Waals surface area contributed by atoms with Gasteiger partial charge in [0.15, 0.2) is 0 Å². The van der Waals surface area contributed by atoms with Crippen LogP contribution in [-0.4, -0.2) is 23.2 Å². The molecule has 156 valence electrons. The quantitative estimate of drug-likeness (QED) is 0.468. The summed E-state index contributed by atoms with van der Waals surface area (Å²) in [6.45, 7) is 2.21. The van der Waals surface area contributed by atoms with Crippen LogP contribution in [-0.2, 0) is 6.54 Å². The fourth-order valence-electron chi connectivity index (χ4n) is 2.96. The van der Waals surface area contributed by atoms with E-state index < -0.39 is 0 Å². The van der Waals surface area contributed by atoms with Gasteiger partial charge in [0.05, 0.1) is 19.3 Å². The minimum atomic E-state index is -0.172. The number of hydrogen-bond donors (Lipinski definition) is 1. The summed E-state index contributed by atoms with van der Waals surface area (Å²) >= 11 is 0. The first-order valence-electron chi connectivity index (χ1n) is 9.70. The van der Waals surface area contributed by atoms with Gasteiger partial charge in [0.25, 0.3) is 5.91 Å². The predicted octanol–water partition coefficient (Wildman–Crippen LogP) is 4.78. The molecule has 0 bridgehead atoms. The molecule has 0 aliphatic heterocycles. The van der Waals surface area contributed by atoms with E-state index >= 15 is 0 Å². The number of amides is 1. The van der Waals surface area contributed by atoms with Crippen molar-refractivity contribution in [3.05, 3.63) is 89.9 Å². The molecule has 2 heterocycles. The van der Waals surface area contributed by atoms with Gasteiger partial charge in [-0.1, -0.05) is 18.2 Å². The monoisotopic (exact) mass is 415 g/mol. The standard InChI is InChI=1S/C24H21N3O4/c1-16-6-11-21(30-16)15-25-24(28)18-9-7-17(8-10-18)22-12-13-23(27-26-22)31-20-5-3-4-19(14-20)29-2/h3-14H,15H2,1-2H3,(H,25,28). The van der Waals surface area contributed by atoms with Crippen LogP contribution in [0, 0.1) is 6.92 Å². The van der Waals surface area contributed by atoms with E-state index in [1.807, 2.05) is 55.5 Å². The van der Waals surface area contributed by atoms with Crippen LogP contribution >= 0.6 is 0 Å². The number of nitrogens with one attached hydrogen (secondary N) is 1. The topological polar surface area (TPSA) is 86.5 Å². The summed E-state index contributed by atoms with van der Waals surface area (Å²) in [4.78, 5) is 12.3. The Bertz CT molecular complexity index is 1170. The van der Waals surface area contributed by atoms with Gasteiger partial charge >= 0.3 is 0 Å². The average molecular weight is 415 g/mol. The highest BCUT2D eigenvalue weighted by molar-refractivity contribution is 5.94. The van der Waals surface area contributed by atoms with Crippen molar-refractivity contribution in [2.75, 3.05) is 7.11 Å². The number of furan rings is 1. The molecule has 0 saturated carbocycles. The van der Waals surface area contributed by atoms with Crippen LogP contribution < -0.4 is 14.8 Å². The molecule has 1 N–H and O–H groups in total. The number of rotatable bonds is 7. The molecule has 0 unspecified atom stereocenters. The molecule has 0 saturated heterocycles. The van der Waals surface area contributed by atoms with Gasteiger partial charge in [0.1, 0.15) is 23.0 Å². The third kappa shape index (κ3) is 5.08. The zero-order chi connectivity index (χ0) is 21.6. The number of carbonyl (C=O) groups is 1. The molecule has 4 rings (SSSR count). The number of nitrogens with zero attached hydrogens (tertiary/aromatic N) is 2. The largest absolute Gasteiger partial charge is 0.497 e. The smallest absolute Gasteiger partial charge is 0.251 e. The minimum absolute atomic E-state index is 0.172. The lowest BCUT2D eigenvalue weighted by Gasteiger charge is -2.07. The maximum absolute atomic E-state index is 12.3. The number of ether oxygens (including phenoxy) is 2. The highest BCUT2D eigenvalue weighted by Crippen LogP contribution is 2.25. The van der Waals surface area contributed by atoms with Crippen molar-refractivity contribution in [2.45, 2.75) is 13.5 Å². The van der Waals surface area contributed by atoms with Gasteiger partial charge in [-0.05, 0) is 49.4 Å². The van der Waals surface area contributed by atoms with Crippen molar-refractivity contribution in [2.24, 2.45) is 0 Å². The fourth-order valence-corrected chi connectivity index (χ4v) is 2.96. The Kier molecular flexibility index (Phi) is 5.93. The third-order valence-corrected chi connectivity index (χ3v) is 4.57. The zero-order valence-corrected chi connectivity index (χ0v) is 17.2. The van der Waals surface area contributed by atoms with Crippen LogP contribution in [0.1, 0.15) is 21.9 Å². The average Bonchev–Trinajstić information content (AvgIpc) is 3.23. The van der Waals surface area contributed by atoms with E-state index in [1.165, 1.54) is 0 Å². The molecular formula is C24H21N3O4. The van der Waals surface area contributed by atoms with Crippen LogP contribution in [0.25, 0.3) is 11.3 Å². The Morgan fingerprint density at radius 2 is 1.77 bits per heavy atom. The molecule has 0 aliphatic carbocycles. The Morgan fingerprint density at radius 3 is 2.45 bits per heavy atom. The van der Waals surface area contributed by atoms with Crippen molar-refractivity contribution in [1.82, 2.24) is 15.5 Å². The van der Waals surface area contributed by atoms with Gasteiger partial charge in [-0.25, -0.2) is 0 Å². The van der Waals surface area contributed by atoms with Gasteiger partial charge in [-0.3, -0.25) is 4.79 Å². The molecule has 0 aliphatic rings. The lowest BCUT2D eigenvalue weighted by molar-refractivity contribution is 0.0948. The van der Waals surface area contributed by atoms with Crippen LogP contribution in [0.2, 0.25) is 0 Å². The Balaban J connectivity index is 1.38. The Morgan fingerprint density at radius 1 is 0.968 bits per heavy atom. The second kappa shape index (κ2) is 9.13. The van der Waals surface area contributed by atoms with Crippen LogP contribution in [0.4, 0.5) is 0 Å². The molecule has 0 spiro atoms. The van der Waals surface area contributed by atoms with E-state index in [2.05, 4.69) is 15.5 Å². The maximum Gasteiger partial charge on any atom is 0.251 e. The SMILES string of the molecule is COc1cccc(Oc2ccc(-c3ccc(C(=O)NCc4ccc(C)o4)cc3)nn2)c1. The third-order valence-electron chi connectivity index (χ3n) is 4.57. The summed E-state index contributed by atoms with van der Waals surface area (Å²) in [5, 5.41) is 11.2. The van der Waals surface area contributed by atoms with E-state index in [4.69, 9.17) is 13.9 Å². The molecular weight excluding hydrogens is 394 g/mol. The summed E-state index contributed by atoms with van der Waals surface area (Å²) in [6.07, 6.45) is 0. The van der Waals surface area contributed by atoms with Gasteiger partial charge in [0.2, 0.25) is 5.88 Å². The van der Waals surface area contributed by atoms with E-state index in [0.29, 0.717) is 40.9 Å². The Labute approximate surface area is 179 Å². The molecule has 0 radical (unpaired) electrons. The fraction of sp³-hybridized carbons (Fsp3) is 0.125. The molecule has 1 amide bonds. The van der Waals surface area contributed by atoms with E-state index in [1.54, 1.807) is 31.4 Å². The first-order valence-corrected chi connectivity index (χ1v) is 9.70. The van der Waals surface area contributed by atoms with Gasteiger partial charge in [-0.15, -0.1) is 10.2 Å². The van der Waals surface area contributed by atoms with Crippen molar-refractivity contribution in [3.8, 4) is 28.6 Å². The van der Waals surface area contributed by atoms with Gasteiger partial charge in [-0.2, -0.15) is 0 Å². The summed E-state index contributed by atoms with van der Waals surface area (Å²) < 4.78 is 16.4. The number of carbonyl (C=O) groups excluding carboxylic acids is 1. The zero-order valence-electron chi connectivity index (χ0n) is 17.2. The van der Waals surface area contributed by atoms with E-state index in [9.17, 15) is 4.79 Å². The molecule has 0 atom stereocenters. The molecule has 7 nitrogen and oxygen atoms in total. The van der Waals surface area contributed by atoms with Crippen molar-refractivity contribution < 1.29 is 18.7 Å². The summed E-state index contributed by atoms with van der Waals surface area (Å²) in [7, 11) is 1.60. The van der Waals surface area contributed by atoms with Crippen molar-refractivity contribution in [1.29, 1.82) is 0 Å². The molecule has 2 aromatic heterocycles. The number of hydrogen-bond acceptors (Lipinski definition) is 6.